The van der Waals surface area contributed by atoms with Crippen LogP contribution in [0.3, 0.4) is 0 Å². The highest BCUT2D eigenvalue weighted by molar-refractivity contribution is 6.30. The minimum atomic E-state index is -1.05. The maximum Gasteiger partial charge on any atom is 0.223 e. The van der Waals surface area contributed by atoms with Gasteiger partial charge < -0.3 is 15.1 Å². The van der Waals surface area contributed by atoms with Crippen molar-refractivity contribution in [2.75, 3.05) is 19.7 Å². The van der Waals surface area contributed by atoms with Crippen molar-refractivity contribution in [2.45, 2.75) is 30.8 Å². The van der Waals surface area contributed by atoms with E-state index in [-0.39, 0.29) is 18.4 Å². The Morgan fingerprint density at radius 1 is 1.08 bits per heavy atom. The first-order valence-electron chi connectivity index (χ1n) is 8.92. The number of halogens is 1. The van der Waals surface area contributed by atoms with Gasteiger partial charge in [-0.3, -0.25) is 4.79 Å². The number of aliphatic hydroxyl groups excluding tert-OH is 1. The maximum absolute atomic E-state index is 12.9. The van der Waals surface area contributed by atoms with Crippen LogP contribution in [0, 0.1) is 0 Å². The van der Waals surface area contributed by atoms with Crippen LogP contribution < -0.4 is 0 Å². The molecule has 2 aromatic rings. The first-order chi connectivity index (χ1) is 12.5. The monoisotopic (exact) mass is 373 g/mol. The SMILES string of the molecule is O=C(C[C@@H](c1ccccc1)c1cccc(Cl)c1)N1CCC(O)(CO)CC1. The van der Waals surface area contributed by atoms with E-state index >= 15 is 0 Å². The third kappa shape index (κ3) is 4.44. The van der Waals surface area contributed by atoms with Gasteiger partial charge in [0.25, 0.3) is 0 Å². The maximum atomic E-state index is 12.9. The van der Waals surface area contributed by atoms with E-state index in [1.54, 1.807) is 4.90 Å². The molecule has 0 aliphatic carbocycles. The van der Waals surface area contributed by atoms with Crippen LogP contribution in [0.2, 0.25) is 5.02 Å². The van der Waals surface area contributed by atoms with Crippen LogP contribution in [-0.2, 0) is 4.79 Å². The molecule has 2 N–H and O–H groups in total. The molecule has 4 nitrogen and oxygen atoms in total. The van der Waals surface area contributed by atoms with E-state index in [0.29, 0.717) is 37.4 Å². The minimum Gasteiger partial charge on any atom is -0.393 e. The minimum absolute atomic E-state index is 0.0545. The summed E-state index contributed by atoms with van der Waals surface area (Å²) in [5.74, 6) is -0.0140. The van der Waals surface area contributed by atoms with Gasteiger partial charge in [-0.25, -0.2) is 0 Å². The number of hydrogen-bond donors (Lipinski definition) is 2. The van der Waals surface area contributed by atoms with E-state index < -0.39 is 5.60 Å². The van der Waals surface area contributed by atoms with Gasteiger partial charge >= 0.3 is 0 Å². The van der Waals surface area contributed by atoms with Gasteiger partial charge in [-0.05, 0) is 36.1 Å². The molecule has 0 bridgehead atoms. The number of nitrogens with zero attached hydrogens (tertiary/aromatic N) is 1. The molecule has 0 unspecified atom stereocenters. The van der Waals surface area contributed by atoms with Crippen LogP contribution in [0.25, 0.3) is 0 Å². The molecule has 0 saturated carbocycles. The average molecular weight is 374 g/mol. The molecule has 138 valence electrons. The van der Waals surface area contributed by atoms with E-state index in [0.717, 1.165) is 11.1 Å². The summed E-state index contributed by atoms with van der Waals surface area (Å²) >= 11 is 6.16. The number of rotatable bonds is 5. The molecule has 1 amide bonds. The van der Waals surface area contributed by atoms with Crippen LogP contribution in [0.1, 0.15) is 36.3 Å². The van der Waals surface area contributed by atoms with Crippen molar-refractivity contribution in [2.24, 2.45) is 0 Å². The topological polar surface area (TPSA) is 60.8 Å². The van der Waals surface area contributed by atoms with Crippen LogP contribution in [-0.4, -0.2) is 46.3 Å². The molecule has 5 heteroatoms. The summed E-state index contributed by atoms with van der Waals surface area (Å²) < 4.78 is 0. The lowest BCUT2D eigenvalue weighted by molar-refractivity contribution is -0.137. The molecule has 2 aromatic carbocycles. The zero-order valence-corrected chi connectivity index (χ0v) is 15.4. The number of carbonyl (C=O) groups is 1. The van der Waals surface area contributed by atoms with Gasteiger partial charge in [-0.2, -0.15) is 0 Å². The Morgan fingerprint density at radius 2 is 1.73 bits per heavy atom. The predicted molar refractivity (Wildman–Crippen MR) is 102 cm³/mol. The second-order valence-electron chi connectivity index (χ2n) is 6.99. The van der Waals surface area contributed by atoms with E-state index in [4.69, 9.17) is 11.6 Å². The number of hydrogen-bond acceptors (Lipinski definition) is 3. The lowest BCUT2D eigenvalue weighted by atomic mass is 9.87. The van der Waals surface area contributed by atoms with E-state index in [9.17, 15) is 15.0 Å². The van der Waals surface area contributed by atoms with Crippen molar-refractivity contribution in [3.8, 4) is 0 Å². The summed E-state index contributed by atoms with van der Waals surface area (Å²) in [7, 11) is 0. The Balaban J connectivity index is 1.77. The Morgan fingerprint density at radius 3 is 2.35 bits per heavy atom. The van der Waals surface area contributed by atoms with Crippen molar-refractivity contribution >= 4 is 17.5 Å². The second-order valence-corrected chi connectivity index (χ2v) is 7.42. The zero-order chi connectivity index (χ0) is 18.6. The highest BCUT2D eigenvalue weighted by Crippen LogP contribution is 2.31. The lowest BCUT2D eigenvalue weighted by Gasteiger charge is -2.37. The normalized spacial score (nSPS) is 17.7. The van der Waals surface area contributed by atoms with Crippen molar-refractivity contribution in [3.63, 3.8) is 0 Å². The van der Waals surface area contributed by atoms with Crippen LogP contribution in [0.15, 0.2) is 54.6 Å². The molecular weight excluding hydrogens is 350 g/mol. The summed E-state index contributed by atoms with van der Waals surface area (Å²) in [6.07, 6.45) is 1.16. The first kappa shape index (κ1) is 18.9. The van der Waals surface area contributed by atoms with E-state index in [2.05, 4.69) is 0 Å². The third-order valence-corrected chi connectivity index (χ3v) is 5.41. The molecule has 1 aliphatic heterocycles. The number of carbonyl (C=O) groups excluding carboxylic acids is 1. The van der Waals surface area contributed by atoms with E-state index in [1.165, 1.54) is 0 Å². The quantitative estimate of drug-likeness (QED) is 0.846. The molecule has 0 radical (unpaired) electrons. The number of likely N-dealkylation sites (tertiary alicyclic amines) is 1. The molecule has 0 aromatic heterocycles. The van der Waals surface area contributed by atoms with Gasteiger partial charge in [0, 0.05) is 30.5 Å². The molecule has 1 saturated heterocycles. The van der Waals surface area contributed by atoms with Crippen molar-refractivity contribution in [3.05, 3.63) is 70.7 Å². The molecule has 1 fully saturated rings. The molecule has 1 atom stereocenters. The summed E-state index contributed by atoms with van der Waals surface area (Å²) in [4.78, 5) is 14.7. The molecule has 1 aliphatic rings. The Bertz CT molecular complexity index is 742. The predicted octanol–water partition coefficient (Wildman–Crippen LogP) is 3.21. The third-order valence-electron chi connectivity index (χ3n) is 5.17. The van der Waals surface area contributed by atoms with E-state index in [1.807, 2.05) is 54.6 Å². The lowest BCUT2D eigenvalue weighted by Crippen LogP contribution is -2.48. The molecule has 1 heterocycles. The van der Waals surface area contributed by atoms with Gasteiger partial charge in [0.2, 0.25) is 5.91 Å². The molecule has 0 spiro atoms. The van der Waals surface area contributed by atoms with Gasteiger partial charge in [0.15, 0.2) is 0 Å². The van der Waals surface area contributed by atoms with Crippen LogP contribution in [0.4, 0.5) is 0 Å². The zero-order valence-electron chi connectivity index (χ0n) is 14.6. The molecule has 26 heavy (non-hydrogen) atoms. The highest BCUT2D eigenvalue weighted by atomic mass is 35.5. The summed E-state index contributed by atoms with van der Waals surface area (Å²) in [5.41, 5.74) is 1.04. The van der Waals surface area contributed by atoms with Crippen molar-refractivity contribution < 1.29 is 15.0 Å². The van der Waals surface area contributed by atoms with Gasteiger partial charge in [-0.15, -0.1) is 0 Å². The second kappa shape index (κ2) is 8.21. The molecule has 3 rings (SSSR count). The summed E-state index contributed by atoms with van der Waals surface area (Å²) in [5, 5.41) is 20.1. The number of amides is 1. The fraction of sp³-hybridized carbons (Fsp3) is 0.381. The number of benzene rings is 2. The fourth-order valence-electron chi connectivity index (χ4n) is 3.47. The summed E-state index contributed by atoms with van der Waals surface area (Å²) in [6.45, 7) is 0.671. The average Bonchev–Trinajstić information content (AvgIpc) is 2.67. The van der Waals surface area contributed by atoms with Gasteiger partial charge in [0.1, 0.15) is 0 Å². The highest BCUT2D eigenvalue weighted by Gasteiger charge is 2.34. The van der Waals surface area contributed by atoms with Crippen LogP contribution >= 0.6 is 11.6 Å². The first-order valence-corrected chi connectivity index (χ1v) is 9.30. The van der Waals surface area contributed by atoms with Gasteiger partial charge in [-0.1, -0.05) is 54.1 Å². The Labute approximate surface area is 159 Å². The Kier molecular flexibility index (Phi) is 5.97. The fourth-order valence-corrected chi connectivity index (χ4v) is 3.67. The Hall–Kier alpha value is -1.88. The number of aliphatic hydroxyl groups is 2. The molecular formula is C21H24ClNO3. The van der Waals surface area contributed by atoms with Crippen LogP contribution in [0.5, 0.6) is 0 Å². The summed E-state index contributed by atoms with van der Waals surface area (Å²) in [6, 6.07) is 17.6. The largest absolute Gasteiger partial charge is 0.393 e. The standard InChI is InChI=1S/C21H24ClNO3/c22-18-8-4-7-17(13-18)19(16-5-2-1-3-6-16)14-20(25)23-11-9-21(26,15-24)10-12-23/h1-8,13,19,24,26H,9-12,14-15H2/t19-/m0/s1. The van der Waals surface area contributed by atoms with Crippen molar-refractivity contribution in [1.29, 1.82) is 0 Å². The van der Waals surface area contributed by atoms with Crippen molar-refractivity contribution in [1.82, 2.24) is 4.90 Å². The smallest absolute Gasteiger partial charge is 0.223 e. The number of piperidine rings is 1. The van der Waals surface area contributed by atoms with Gasteiger partial charge in [0.05, 0.1) is 12.2 Å².